The zero-order chi connectivity index (χ0) is 20.3. The van der Waals surface area contributed by atoms with E-state index in [1.165, 1.54) is 11.8 Å². The molecule has 1 aromatic carbocycles. The van der Waals surface area contributed by atoms with E-state index in [4.69, 9.17) is 0 Å². The first-order valence-corrected chi connectivity index (χ1v) is 10.1. The number of fused-ring (bicyclic) bond motifs is 1. The lowest BCUT2D eigenvalue weighted by atomic mass is 10.1. The monoisotopic (exact) mass is 397 g/mol. The average Bonchev–Trinajstić information content (AvgIpc) is 3.08. The maximum Gasteiger partial charge on any atom is 0.253 e. The van der Waals surface area contributed by atoms with Crippen molar-refractivity contribution in [2.24, 2.45) is 0 Å². The van der Waals surface area contributed by atoms with E-state index < -0.39 is 0 Å². The number of nitrogens with zero attached hydrogens (tertiary/aromatic N) is 4. The SMILES string of the molecule is CCCC(=O)Nc1ccc(C(=O)CSc2nc3nc(C)c(C)c(C)n3n2)cc1. The van der Waals surface area contributed by atoms with Crippen molar-refractivity contribution < 1.29 is 9.59 Å². The molecule has 1 N–H and O–H groups in total. The number of anilines is 1. The summed E-state index contributed by atoms with van der Waals surface area (Å²) in [5.74, 6) is 0.731. The third kappa shape index (κ3) is 4.39. The summed E-state index contributed by atoms with van der Waals surface area (Å²) < 4.78 is 1.71. The first kappa shape index (κ1) is 20.0. The van der Waals surface area contributed by atoms with Gasteiger partial charge in [-0.05, 0) is 57.0 Å². The maximum absolute atomic E-state index is 12.5. The van der Waals surface area contributed by atoms with E-state index in [0.717, 1.165) is 23.4 Å². The Labute approximate surface area is 168 Å². The molecule has 0 aliphatic carbocycles. The van der Waals surface area contributed by atoms with Crippen LogP contribution in [0.4, 0.5) is 5.69 Å². The van der Waals surface area contributed by atoms with Gasteiger partial charge in [0.25, 0.3) is 5.78 Å². The molecule has 0 bridgehead atoms. The number of amides is 1. The van der Waals surface area contributed by atoms with Gasteiger partial charge >= 0.3 is 0 Å². The van der Waals surface area contributed by atoms with Gasteiger partial charge in [-0.15, -0.1) is 5.10 Å². The third-order valence-corrected chi connectivity index (χ3v) is 5.38. The van der Waals surface area contributed by atoms with E-state index in [2.05, 4.69) is 20.4 Å². The number of carbonyl (C=O) groups excluding carboxylic acids is 2. The van der Waals surface area contributed by atoms with Gasteiger partial charge in [-0.3, -0.25) is 9.59 Å². The van der Waals surface area contributed by atoms with Gasteiger partial charge in [0.05, 0.1) is 5.75 Å². The number of Topliss-reactive ketones (excluding diaryl/α,β-unsaturated/α-hetero) is 1. The largest absolute Gasteiger partial charge is 0.326 e. The van der Waals surface area contributed by atoms with E-state index in [1.54, 1.807) is 28.8 Å². The van der Waals surface area contributed by atoms with E-state index in [1.807, 2.05) is 27.7 Å². The first-order chi connectivity index (χ1) is 13.4. The average molecular weight is 398 g/mol. The van der Waals surface area contributed by atoms with E-state index >= 15 is 0 Å². The van der Waals surface area contributed by atoms with Crippen LogP contribution in [0.15, 0.2) is 29.4 Å². The van der Waals surface area contributed by atoms with Crippen LogP contribution >= 0.6 is 11.8 Å². The number of aryl methyl sites for hydroxylation is 2. The Kier molecular flexibility index (Phi) is 6.08. The van der Waals surface area contributed by atoms with Crippen LogP contribution in [-0.2, 0) is 4.79 Å². The molecule has 0 radical (unpaired) electrons. The fourth-order valence-corrected chi connectivity index (χ4v) is 3.41. The number of thioether (sulfide) groups is 1. The highest BCUT2D eigenvalue weighted by atomic mass is 32.2. The predicted molar refractivity (Wildman–Crippen MR) is 110 cm³/mol. The van der Waals surface area contributed by atoms with Crippen LogP contribution in [0.25, 0.3) is 5.78 Å². The summed E-state index contributed by atoms with van der Waals surface area (Å²) in [5, 5.41) is 7.79. The molecule has 0 aliphatic rings. The molecule has 0 spiro atoms. The van der Waals surface area contributed by atoms with Crippen LogP contribution in [-0.4, -0.2) is 37.0 Å². The number of ketones is 1. The number of hydrogen-bond donors (Lipinski definition) is 1. The van der Waals surface area contributed by atoms with Crippen LogP contribution in [0, 0.1) is 20.8 Å². The van der Waals surface area contributed by atoms with Crippen molar-refractivity contribution in [3.8, 4) is 0 Å². The number of carbonyl (C=O) groups is 2. The highest BCUT2D eigenvalue weighted by Crippen LogP contribution is 2.19. The Morgan fingerprint density at radius 2 is 1.82 bits per heavy atom. The molecule has 2 aromatic heterocycles. The fourth-order valence-electron chi connectivity index (χ4n) is 2.70. The molecule has 0 saturated heterocycles. The molecule has 3 aromatic rings. The lowest BCUT2D eigenvalue weighted by Gasteiger charge is -2.05. The predicted octanol–water partition coefficient (Wildman–Crippen LogP) is 3.76. The van der Waals surface area contributed by atoms with Crippen molar-refractivity contribution in [2.45, 2.75) is 45.7 Å². The summed E-state index contributed by atoms with van der Waals surface area (Å²) in [5.41, 5.74) is 4.28. The number of hydrogen-bond acceptors (Lipinski definition) is 6. The molecule has 146 valence electrons. The van der Waals surface area contributed by atoms with E-state index in [9.17, 15) is 9.59 Å². The van der Waals surface area contributed by atoms with E-state index in [0.29, 0.717) is 28.6 Å². The normalized spacial score (nSPS) is 11.0. The summed E-state index contributed by atoms with van der Waals surface area (Å²) in [6.45, 7) is 7.88. The van der Waals surface area contributed by atoms with Crippen molar-refractivity contribution in [3.63, 3.8) is 0 Å². The van der Waals surface area contributed by atoms with Gasteiger partial charge in [-0.2, -0.15) is 4.98 Å². The lowest BCUT2D eigenvalue weighted by molar-refractivity contribution is -0.116. The van der Waals surface area contributed by atoms with Gasteiger partial charge < -0.3 is 5.32 Å². The van der Waals surface area contributed by atoms with E-state index in [-0.39, 0.29) is 17.4 Å². The smallest absolute Gasteiger partial charge is 0.253 e. The molecule has 3 rings (SSSR count). The topological polar surface area (TPSA) is 89.2 Å². The van der Waals surface area contributed by atoms with Crippen LogP contribution < -0.4 is 5.32 Å². The molecule has 0 saturated carbocycles. The third-order valence-electron chi connectivity index (χ3n) is 4.54. The van der Waals surface area contributed by atoms with Gasteiger partial charge in [-0.1, -0.05) is 18.7 Å². The van der Waals surface area contributed by atoms with Gasteiger partial charge in [0.2, 0.25) is 11.1 Å². The summed E-state index contributed by atoms with van der Waals surface area (Å²) >= 11 is 1.29. The summed E-state index contributed by atoms with van der Waals surface area (Å²) in [7, 11) is 0. The molecule has 7 nitrogen and oxygen atoms in total. The Bertz CT molecular complexity index is 1030. The van der Waals surface area contributed by atoms with Gasteiger partial charge in [-0.25, -0.2) is 9.50 Å². The van der Waals surface area contributed by atoms with Crippen LogP contribution in [0.5, 0.6) is 0 Å². The highest BCUT2D eigenvalue weighted by Gasteiger charge is 2.13. The Morgan fingerprint density at radius 3 is 2.50 bits per heavy atom. The Balaban J connectivity index is 1.65. The minimum Gasteiger partial charge on any atom is -0.326 e. The van der Waals surface area contributed by atoms with Gasteiger partial charge in [0, 0.05) is 29.1 Å². The molecule has 1 amide bonds. The number of rotatable bonds is 7. The second-order valence-electron chi connectivity index (χ2n) is 6.60. The number of benzene rings is 1. The minimum absolute atomic E-state index is 0.0210. The molecule has 0 atom stereocenters. The van der Waals surface area contributed by atoms with Crippen molar-refractivity contribution in [2.75, 3.05) is 11.1 Å². The Hall–Kier alpha value is -2.74. The first-order valence-electron chi connectivity index (χ1n) is 9.15. The molecule has 0 unspecified atom stereocenters. The summed E-state index contributed by atoms with van der Waals surface area (Å²) in [6, 6.07) is 6.93. The van der Waals surface area contributed by atoms with Gasteiger partial charge in [0.15, 0.2) is 5.78 Å². The highest BCUT2D eigenvalue weighted by molar-refractivity contribution is 7.99. The van der Waals surface area contributed by atoms with Crippen molar-refractivity contribution in [1.82, 2.24) is 19.6 Å². The van der Waals surface area contributed by atoms with Crippen molar-refractivity contribution in [3.05, 3.63) is 46.8 Å². The molecular formula is C20H23N5O2S. The summed E-state index contributed by atoms with van der Waals surface area (Å²) in [6.07, 6.45) is 1.28. The molecular weight excluding hydrogens is 374 g/mol. The van der Waals surface area contributed by atoms with Crippen LogP contribution in [0.1, 0.15) is 47.1 Å². The maximum atomic E-state index is 12.5. The zero-order valence-corrected chi connectivity index (χ0v) is 17.3. The van der Waals surface area contributed by atoms with Crippen molar-refractivity contribution in [1.29, 1.82) is 0 Å². The van der Waals surface area contributed by atoms with Gasteiger partial charge in [0.1, 0.15) is 0 Å². The Morgan fingerprint density at radius 1 is 1.11 bits per heavy atom. The molecule has 28 heavy (non-hydrogen) atoms. The molecule has 8 heteroatoms. The number of aromatic nitrogens is 4. The lowest BCUT2D eigenvalue weighted by Crippen LogP contribution is -2.10. The zero-order valence-electron chi connectivity index (χ0n) is 16.4. The molecule has 0 fully saturated rings. The van der Waals surface area contributed by atoms with Crippen LogP contribution in [0.2, 0.25) is 0 Å². The quantitative estimate of drug-likeness (QED) is 0.482. The second kappa shape index (κ2) is 8.52. The fraction of sp³-hybridized carbons (Fsp3) is 0.350. The standard InChI is InChI=1S/C20H23N5O2S/c1-5-6-18(27)22-16-9-7-15(8-10-16)17(26)11-28-20-23-19-21-13(3)12(2)14(4)25(19)24-20/h7-10H,5-6,11H2,1-4H3,(H,22,27). The van der Waals surface area contributed by atoms with Crippen LogP contribution in [0.3, 0.4) is 0 Å². The summed E-state index contributed by atoms with van der Waals surface area (Å²) in [4.78, 5) is 32.9. The molecule has 0 aliphatic heterocycles. The molecule has 2 heterocycles. The van der Waals surface area contributed by atoms with Crippen molar-refractivity contribution >= 4 is 34.9 Å². The number of nitrogens with one attached hydrogen (secondary N) is 1. The second-order valence-corrected chi connectivity index (χ2v) is 7.54. The minimum atomic E-state index is -0.0237.